The maximum atomic E-state index is 12.9. The SMILES string of the molecule is CC(CNc1ccc(N)cc1C(F)(F)F)C(C)(C)C. The molecule has 0 saturated carbocycles. The molecular weight excluding hydrogens is 253 g/mol. The first kappa shape index (κ1) is 15.7. The molecule has 0 aliphatic heterocycles. The summed E-state index contributed by atoms with van der Waals surface area (Å²) >= 11 is 0. The lowest BCUT2D eigenvalue weighted by molar-refractivity contribution is -0.136. The first-order valence-electron chi connectivity index (χ1n) is 6.22. The summed E-state index contributed by atoms with van der Waals surface area (Å²) in [6, 6.07) is 3.82. The largest absolute Gasteiger partial charge is 0.418 e. The summed E-state index contributed by atoms with van der Waals surface area (Å²) < 4.78 is 38.7. The minimum absolute atomic E-state index is 0.0409. The van der Waals surface area contributed by atoms with Crippen LogP contribution in [0, 0.1) is 11.3 Å². The second-order valence-electron chi connectivity index (χ2n) is 5.95. The highest BCUT2D eigenvalue weighted by Crippen LogP contribution is 2.36. The Bertz CT molecular complexity index is 433. The third kappa shape index (κ3) is 4.33. The van der Waals surface area contributed by atoms with Crippen LogP contribution in [-0.4, -0.2) is 6.54 Å². The molecule has 0 fully saturated rings. The van der Waals surface area contributed by atoms with Crippen LogP contribution in [0.1, 0.15) is 33.3 Å². The van der Waals surface area contributed by atoms with Gasteiger partial charge in [-0.25, -0.2) is 0 Å². The van der Waals surface area contributed by atoms with E-state index in [1.165, 1.54) is 12.1 Å². The van der Waals surface area contributed by atoms with Crippen LogP contribution in [0.25, 0.3) is 0 Å². The zero-order valence-corrected chi connectivity index (χ0v) is 11.7. The van der Waals surface area contributed by atoms with Crippen molar-refractivity contribution in [1.29, 1.82) is 0 Å². The van der Waals surface area contributed by atoms with Gasteiger partial charge in [0.05, 0.1) is 5.56 Å². The van der Waals surface area contributed by atoms with Gasteiger partial charge < -0.3 is 11.1 Å². The molecule has 0 radical (unpaired) electrons. The van der Waals surface area contributed by atoms with E-state index in [-0.39, 0.29) is 22.7 Å². The predicted molar refractivity (Wildman–Crippen MR) is 73.0 cm³/mol. The lowest BCUT2D eigenvalue weighted by atomic mass is 9.82. The molecule has 19 heavy (non-hydrogen) atoms. The molecule has 1 rings (SSSR count). The van der Waals surface area contributed by atoms with Gasteiger partial charge in [0.15, 0.2) is 0 Å². The minimum atomic E-state index is -4.40. The molecule has 1 atom stereocenters. The maximum Gasteiger partial charge on any atom is 0.418 e. The molecule has 1 aromatic rings. The van der Waals surface area contributed by atoms with E-state index in [1.54, 1.807) is 0 Å². The quantitative estimate of drug-likeness (QED) is 0.803. The van der Waals surface area contributed by atoms with Gasteiger partial charge in [0, 0.05) is 17.9 Å². The number of nitrogen functional groups attached to an aromatic ring is 1. The highest BCUT2D eigenvalue weighted by atomic mass is 19.4. The number of rotatable bonds is 3. The maximum absolute atomic E-state index is 12.9. The molecule has 3 N–H and O–H groups in total. The first-order chi connectivity index (χ1) is 8.51. The average Bonchev–Trinajstić information content (AvgIpc) is 2.24. The number of alkyl halides is 3. The molecule has 0 saturated heterocycles. The average molecular weight is 274 g/mol. The summed E-state index contributed by atoms with van der Waals surface area (Å²) in [5.74, 6) is 0.242. The molecule has 0 heterocycles. The number of nitrogens with one attached hydrogen (secondary N) is 1. The van der Waals surface area contributed by atoms with Crippen LogP contribution in [-0.2, 0) is 6.18 Å². The van der Waals surface area contributed by atoms with E-state index < -0.39 is 11.7 Å². The van der Waals surface area contributed by atoms with Gasteiger partial charge in [0.25, 0.3) is 0 Å². The summed E-state index contributed by atoms with van der Waals surface area (Å²) in [5.41, 5.74) is 4.94. The van der Waals surface area contributed by atoms with E-state index in [9.17, 15) is 13.2 Å². The number of hydrogen-bond donors (Lipinski definition) is 2. The Morgan fingerprint density at radius 2 is 1.79 bits per heavy atom. The van der Waals surface area contributed by atoms with Crippen molar-refractivity contribution in [3.63, 3.8) is 0 Å². The highest BCUT2D eigenvalue weighted by Gasteiger charge is 2.34. The van der Waals surface area contributed by atoms with Crippen LogP contribution in [0.2, 0.25) is 0 Å². The van der Waals surface area contributed by atoms with Gasteiger partial charge in [-0.1, -0.05) is 27.7 Å². The van der Waals surface area contributed by atoms with Gasteiger partial charge in [-0.2, -0.15) is 13.2 Å². The molecule has 0 aliphatic carbocycles. The normalized spacial score (nSPS) is 14.3. The van der Waals surface area contributed by atoms with Crippen molar-refractivity contribution in [1.82, 2.24) is 0 Å². The third-order valence-electron chi connectivity index (χ3n) is 3.43. The number of anilines is 2. The van der Waals surface area contributed by atoms with Crippen molar-refractivity contribution >= 4 is 11.4 Å². The highest BCUT2D eigenvalue weighted by molar-refractivity contribution is 5.59. The van der Waals surface area contributed by atoms with E-state index >= 15 is 0 Å². The van der Waals surface area contributed by atoms with E-state index in [0.717, 1.165) is 6.07 Å². The van der Waals surface area contributed by atoms with E-state index in [1.807, 2.05) is 6.92 Å². The monoisotopic (exact) mass is 274 g/mol. The lowest BCUT2D eigenvalue weighted by Crippen LogP contribution is -2.25. The van der Waals surface area contributed by atoms with Crippen LogP contribution in [0.3, 0.4) is 0 Å². The third-order valence-corrected chi connectivity index (χ3v) is 3.43. The molecule has 0 amide bonds. The number of benzene rings is 1. The number of hydrogen-bond acceptors (Lipinski definition) is 2. The first-order valence-corrected chi connectivity index (χ1v) is 6.22. The molecule has 0 spiro atoms. The Hall–Kier alpha value is -1.39. The van der Waals surface area contributed by atoms with Gasteiger partial charge in [-0.3, -0.25) is 0 Å². The standard InChI is InChI=1S/C14H21F3N2/c1-9(13(2,3)4)8-19-12-6-5-10(18)7-11(12)14(15,16)17/h5-7,9,19H,8,18H2,1-4H3. The molecule has 1 unspecified atom stereocenters. The van der Waals surface area contributed by atoms with Gasteiger partial charge >= 0.3 is 6.18 Å². The fourth-order valence-electron chi connectivity index (χ4n) is 1.52. The molecule has 0 aliphatic rings. The van der Waals surface area contributed by atoms with Crippen molar-refractivity contribution in [2.45, 2.75) is 33.9 Å². The Morgan fingerprint density at radius 1 is 1.21 bits per heavy atom. The molecule has 108 valence electrons. The van der Waals surface area contributed by atoms with Crippen LogP contribution in [0.5, 0.6) is 0 Å². The minimum Gasteiger partial charge on any atom is -0.399 e. The molecule has 5 heteroatoms. The van der Waals surface area contributed by atoms with E-state index in [4.69, 9.17) is 5.73 Å². The molecule has 1 aromatic carbocycles. The fourth-order valence-corrected chi connectivity index (χ4v) is 1.52. The zero-order chi connectivity index (χ0) is 14.8. The Kier molecular flexibility index (Phi) is 4.38. The van der Waals surface area contributed by atoms with Crippen molar-refractivity contribution in [3.05, 3.63) is 23.8 Å². The lowest BCUT2D eigenvalue weighted by Gasteiger charge is -2.28. The Balaban J connectivity index is 2.90. The van der Waals surface area contributed by atoms with E-state index in [0.29, 0.717) is 6.54 Å². The van der Waals surface area contributed by atoms with Crippen LogP contribution >= 0.6 is 0 Å². The summed E-state index contributed by atoms with van der Waals surface area (Å²) in [6.45, 7) is 8.68. The smallest absolute Gasteiger partial charge is 0.399 e. The second kappa shape index (κ2) is 5.31. The number of nitrogens with two attached hydrogens (primary N) is 1. The van der Waals surface area contributed by atoms with Crippen molar-refractivity contribution in [3.8, 4) is 0 Å². The van der Waals surface area contributed by atoms with Crippen molar-refractivity contribution in [2.75, 3.05) is 17.6 Å². The topological polar surface area (TPSA) is 38.0 Å². The molecule has 0 bridgehead atoms. The molecular formula is C14H21F3N2. The zero-order valence-electron chi connectivity index (χ0n) is 11.7. The fraction of sp³-hybridized carbons (Fsp3) is 0.571. The molecule has 2 nitrogen and oxygen atoms in total. The number of halogens is 3. The summed E-state index contributed by atoms with van der Waals surface area (Å²) in [6.07, 6.45) is -4.40. The van der Waals surface area contributed by atoms with Crippen LogP contribution in [0.15, 0.2) is 18.2 Å². The molecule has 0 aromatic heterocycles. The van der Waals surface area contributed by atoms with E-state index in [2.05, 4.69) is 26.1 Å². The van der Waals surface area contributed by atoms with Gasteiger partial charge in [0.1, 0.15) is 0 Å². The van der Waals surface area contributed by atoms with Crippen molar-refractivity contribution < 1.29 is 13.2 Å². The van der Waals surface area contributed by atoms with Gasteiger partial charge in [-0.05, 0) is 29.5 Å². The summed E-state index contributed by atoms with van der Waals surface area (Å²) in [5, 5.41) is 2.88. The summed E-state index contributed by atoms with van der Waals surface area (Å²) in [4.78, 5) is 0. The summed E-state index contributed by atoms with van der Waals surface area (Å²) in [7, 11) is 0. The second-order valence-corrected chi connectivity index (χ2v) is 5.95. The Morgan fingerprint density at radius 3 is 2.26 bits per heavy atom. The van der Waals surface area contributed by atoms with Crippen LogP contribution in [0.4, 0.5) is 24.5 Å². The van der Waals surface area contributed by atoms with Crippen LogP contribution < -0.4 is 11.1 Å². The Labute approximate surface area is 112 Å². The van der Waals surface area contributed by atoms with Gasteiger partial charge in [-0.15, -0.1) is 0 Å². The van der Waals surface area contributed by atoms with Crippen molar-refractivity contribution in [2.24, 2.45) is 11.3 Å². The predicted octanol–water partition coefficient (Wildman–Crippen LogP) is 4.38. The van der Waals surface area contributed by atoms with Gasteiger partial charge in [0.2, 0.25) is 0 Å².